The van der Waals surface area contributed by atoms with Gasteiger partial charge in [0.15, 0.2) is 0 Å². The van der Waals surface area contributed by atoms with Crippen LogP contribution in [0.3, 0.4) is 0 Å². The summed E-state index contributed by atoms with van der Waals surface area (Å²) in [6, 6.07) is 8.07. The molecule has 0 bridgehead atoms. The van der Waals surface area contributed by atoms with Crippen LogP contribution in [0.4, 0.5) is 5.69 Å². The highest BCUT2D eigenvalue weighted by Crippen LogP contribution is 2.24. The molecule has 1 aromatic rings. The second kappa shape index (κ2) is 5.61. The number of carbonyl (C=O) groups is 1. The summed E-state index contributed by atoms with van der Waals surface area (Å²) in [6.07, 6.45) is 4.19. The number of anilines is 1. The van der Waals surface area contributed by atoms with Gasteiger partial charge in [-0.05, 0) is 37.3 Å². The Morgan fingerprint density at radius 3 is 3.11 bits per heavy atom. The van der Waals surface area contributed by atoms with Gasteiger partial charge in [0.1, 0.15) is 6.04 Å². The highest BCUT2D eigenvalue weighted by atomic mass is 16.5. The Morgan fingerprint density at radius 1 is 1.37 bits per heavy atom. The van der Waals surface area contributed by atoms with Gasteiger partial charge in [0, 0.05) is 18.8 Å². The van der Waals surface area contributed by atoms with Crippen LogP contribution in [-0.2, 0) is 16.0 Å². The summed E-state index contributed by atoms with van der Waals surface area (Å²) in [6.45, 7) is 1.47. The summed E-state index contributed by atoms with van der Waals surface area (Å²) in [7, 11) is 0. The fourth-order valence-corrected chi connectivity index (χ4v) is 2.78. The van der Waals surface area contributed by atoms with Crippen LogP contribution in [0, 0.1) is 0 Å². The van der Waals surface area contributed by atoms with Crippen molar-refractivity contribution in [2.75, 3.05) is 18.5 Å². The molecule has 4 nitrogen and oxygen atoms in total. The number of hydrogen-bond donors (Lipinski definition) is 2. The van der Waals surface area contributed by atoms with E-state index >= 15 is 0 Å². The predicted molar refractivity (Wildman–Crippen MR) is 74.2 cm³/mol. The van der Waals surface area contributed by atoms with E-state index in [0.717, 1.165) is 38.0 Å². The number of amides is 1. The standard InChI is InChI=1S/C15H20N2O2/c18-15(16-10-12-5-3-9-19-12)14-8-7-11-4-1-2-6-13(11)17-14/h1-2,4,6,12,14,17H,3,5,7-10H2,(H,16,18). The molecule has 0 spiro atoms. The summed E-state index contributed by atoms with van der Waals surface area (Å²) in [4.78, 5) is 12.1. The Kier molecular flexibility index (Phi) is 3.69. The summed E-state index contributed by atoms with van der Waals surface area (Å²) in [5, 5.41) is 6.32. The van der Waals surface area contributed by atoms with Gasteiger partial charge in [-0.3, -0.25) is 4.79 Å². The first kappa shape index (κ1) is 12.5. The quantitative estimate of drug-likeness (QED) is 0.870. The molecule has 2 atom stereocenters. The summed E-state index contributed by atoms with van der Waals surface area (Å²) >= 11 is 0. The van der Waals surface area contributed by atoms with E-state index in [1.807, 2.05) is 18.2 Å². The number of hydrogen-bond acceptors (Lipinski definition) is 3. The molecule has 1 amide bonds. The minimum Gasteiger partial charge on any atom is -0.376 e. The summed E-state index contributed by atoms with van der Waals surface area (Å²) < 4.78 is 5.51. The normalized spacial score (nSPS) is 25.5. The lowest BCUT2D eigenvalue weighted by atomic mass is 9.97. The van der Waals surface area contributed by atoms with Gasteiger partial charge in [0.25, 0.3) is 0 Å². The van der Waals surface area contributed by atoms with Crippen LogP contribution in [0.15, 0.2) is 24.3 Å². The minimum atomic E-state index is -0.115. The maximum atomic E-state index is 12.1. The van der Waals surface area contributed by atoms with Crippen LogP contribution < -0.4 is 10.6 Å². The van der Waals surface area contributed by atoms with Crippen LogP contribution >= 0.6 is 0 Å². The topological polar surface area (TPSA) is 50.4 Å². The number of benzene rings is 1. The van der Waals surface area contributed by atoms with E-state index in [4.69, 9.17) is 4.74 Å². The number of carbonyl (C=O) groups excluding carboxylic acids is 1. The molecule has 3 rings (SSSR count). The van der Waals surface area contributed by atoms with Crippen molar-refractivity contribution in [2.45, 2.75) is 37.8 Å². The van der Waals surface area contributed by atoms with Gasteiger partial charge in [0.2, 0.25) is 5.91 Å². The maximum Gasteiger partial charge on any atom is 0.242 e. The molecule has 2 N–H and O–H groups in total. The van der Waals surface area contributed by atoms with Crippen molar-refractivity contribution in [2.24, 2.45) is 0 Å². The monoisotopic (exact) mass is 260 g/mol. The zero-order chi connectivity index (χ0) is 13.1. The number of nitrogens with one attached hydrogen (secondary N) is 2. The number of rotatable bonds is 3. The maximum absolute atomic E-state index is 12.1. The van der Waals surface area contributed by atoms with E-state index in [1.165, 1.54) is 5.56 Å². The van der Waals surface area contributed by atoms with E-state index in [1.54, 1.807) is 0 Å². The molecular weight excluding hydrogens is 240 g/mol. The lowest BCUT2D eigenvalue weighted by molar-refractivity contribution is -0.122. The van der Waals surface area contributed by atoms with E-state index in [-0.39, 0.29) is 18.1 Å². The Bertz CT molecular complexity index is 455. The Hall–Kier alpha value is -1.55. The van der Waals surface area contributed by atoms with Gasteiger partial charge in [-0.1, -0.05) is 18.2 Å². The van der Waals surface area contributed by atoms with E-state index in [2.05, 4.69) is 16.7 Å². The molecule has 1 aromatic carbocycles. The molecular formula is C15H20N2O2. The van der Waals surface area contributed by atoms with Crippen molar-refractivity contribution in [1.82, 2.24) is 5.32 Å². The Balaban J connectivity index is 1.54. The lowest BCUT2D eigenvalue weighted by Gasteiger charge is -2.26. The largest absolute Gasteiger partial charge is 0.376 e. The van der Waals surface area contributed by atoms with E-state index in [9.17, 15) is 4.79 Å². The van der Waals surface area contributed by atoms with Crippen LogP contribution in [0.25, 0.3) is 0 Å². The van der Waals surface area contributed by atoms with Gasteiger partial charge in [-0.15, -0.1) is 0 Å². The molecule has 2 heterocycles. The number of aryl methyl sites for hydroxylation is 1. The summed E-state index contributed by atoms with van der Waals surface area (Å²) in [5.74, 6) is 0.0880. The molecule has 2 aliphatic rings. The fraction of sp³-hybridized carbons (Fsp3) is 0.533. The first-order valence-electron chi connectivity index (χ1n) is 7.07. The van der Waals surface area contributed by atoms with Crippen molar-refractivity contribution >= 4 is 11.6 Å². The van der Waals surface area contributed by atoms with Gasteiger partial charge < -0.3 is 15.4 Å². The number of ether oxygens (including phenoxy) is 1. The van der Waals surface area contributed by atoms with Crippen LogP contribution in [-0.4, -0.2) is 31.2 Å². The minimum absolute atomic E-state index is 0.0880. The number of para-hydroxylation sites is 1. The van der Waals surface area contributed by atoms with Crippen LogP contribution in [0.1, 0.15) is 24.8 Å². The van der Waals surface area contributed by atoms with E-state index < -0.39 is 0 Å². The predicted octanol–water partition coefficient (Wildman–Crippen LogP) is 1.71. The molecule has 2 aliphatic heterocycles. The van der Waals surface area contributed by atoms with E-state index in [0.29, 0.717) is 6.54 Å². The number of fused-ring (bicyclic) bond motifs is 1. The zero-order valence-corrected chi connectivity index (χ0v) is 11.0. The second-order valence-corrected chi connectivity index (χ2v) is 5.27. The average molecular weight is 260 g/mol. The third-order valence-corrected chi connectivity index (χ3v) is 3.89. The molecule has 102 valence electrons. The fourth-order valence-electron chi connectivity index (χ4n) is 2.78. The highest BCUT2D eigenvalue weighted by molar-refractivity contribution is 5.85. The second-order valence-electron chi connectivity index (χ2n) is 5.27. The molecule has 19 heavy (non-hydrogen) atoms. The Morgan fingerprint density at radius 2 is 2.26 bits per heavy atom. The summed E-state index contributed by atoms with van der Waals surface area (Å²) in [5.41, 5.74) is 2.39. The third-order valence-electron chi connectivity index (χ3n) is 3.89. The van der Waals surface area contributed by atoms with Gasteiger partial charge in [-0.25, -0.2) is 0 Å². The molecule has 1 saturated heterocycles. The third kappa shape index (κ3) is 2.89. The molecule has 4 heteroatoms. The van der Waals surface area contributed by atoms with Gasteiger partial charge in [-0.2, -0.15) is 0 Å². The lowest BCUT2D eigenvalue weighted by Crippen LogP contribution is -2.44. The molecule has 0 saturated carbocycles. The molecule has 2 unspecified atom stereocenters. The van der Waals surface area contributed by atoms with Crippen molar-refractivity contribution in [3.05, 3.63) is 29.8 Å². The molecule has 0 aromatic heterocycles. The van der Waals surface area contributed by atoms with Crippen molar-refractivity contribution in [3.8, 4) is 0 Å². The zero-order valence-electron chi connectivity index (χ0n) is 11.0. The molecule has 0 aliphatic carbocycles. The smallest absolute Gasteiger partial charge is 0.242 e. The average Bonchev–Trinajstić information content (AvgIpc) is 2.97. The highest BCUT2D eigenvalue weighted by Gasteiger charge is 2.24. The van der Waals surface area contributed by atoms with Crippen molar-refractivity contribution < 1.29 is 9.53 Å². The van der Waals surface area contributed by atoms with Crippen molar-refractivity contribution in [1.29, 1.82) is 0 Å². The molecule has 1 fully saturated rings. The van der Waals surface area contributed by atoms with Gasteiger partial charge in [0.05, 0.1) is 6.10 Å². The van der Waals surface area contributed by atoms with Crippen molar-refractivity contribution in [3.63, 3.8) is 0 Å². The first-order valence-corrected chi connectivity index (χ1v) is 7.07. The SMILES string of the molecule is O=C(NCC1CCCO1)C1CCc2ccccc2N1. The first-order chi connectivity index (χ1) is 9.33. The Labute approximate surface area is 113 Å². The van der Waals surface area contributed by atoms with Crippen LogP contribution in [0.5, 0.6) is 0 Å². The molecule has 0 radical (unpaired) electrons. The van der Waals surface area contributed by atoms with Gasteiger partial charge >= 0.3 is 0 Å². The van der Waals surface area contributed by atoms with Crippen LogP contribution in [0.2, 0.25) is 0 Å².